The van der Waals surface area contributed by atoms with Crippen molar-refractivity contribution in [2.75, 3.05) is 20.3 Å². The van der Waals surface area contributed by atoms with Gasteiger partial charge in [-0.3, -0.25) is 4.68 Å². The maximum atomic E-state index is 6.25. The average molecular weight is 274 g/mol. The van der Waals surface area contributed by atoms with Crippen LogP contribution in [-0.4, -0.2) is 36.1 Å². The average Bonchev–Trinajstić information content (AvgIpc) is 2.70. The monoisotopic (exact) mass is 273 g/mol. The Kier molecular flexibility index (Phi) is 6.68. The van der Waals surface area contributed by atoms with Crippen molar-refractivity contribution in [1.82, 2.24) is 15.1 Å². The highest BCUT2D eigenvalue weighted by Crippen LogP contribution is 2.26. The summed E-state index contributed by atoms with van der Waals surface area (Å²) in [6.07, 6.45) is 2.80. The number of halogens is 1. The van der Waals surface area contributed by atoms with Crippen molar-refractivity contribution in [2.45, 2.75) is 45.7 Å². The maximum Gasteiger partial charge on any atom is 0.0821 e. The summed E-state index contributed by atoms with van der Waals surface area (Å²) >= 11 is 6.25. The Morgan fingerprint density at radius 1 is 1.50 bits per heavy atom. The van der Waals surface area contributed by atoms with Gasteiger partial charge in [0.2, 0.25) is 0 Å². The van der Waals surface area contributed by atoms with E-state index in [4.69, 9.17) is 16.3 Å². The Labute approximate surface area is 115 Å². The lowest BCUT2D eigenvalue weighted by Crippen LogP contribution is -2.34. The molecule has 0 saturated carbocycles. The van der Waals surface area contributed by atoms with Crippen LogP contribution in [0.5, 0.6) is 0 Å². The highest BCUT2D eigenvalue weighted by Gasteiger charge is 2.21. The van der Waals surface area contributed by atoms with E-state index in [0.29, 0.717) is 12.0 Å². The minimum absolute atomic E-state index is 0.323. The summed E-state index contributed by atoms with van der Waals surface area (Å²) in [5.41, 5.74) is 1.12. The van der Waals surface area contributed by atoms with E-state index < -0.39 is 0 Å². The molecule has 0 aliphatic carbocycles. The molecule has 0 saturated heterocycles. The van der Waals surface area contributed by atoms with E-state index in [9.17, 15) is 0 Å². The molecule has 0 aliphatic heterocycles. The quantitative estimate of drug-likeness (QED) is 0.740. The molecule has 2 atom stereocenters. The van der Waals surface area contributed by atoms with Crippen molar-refractivity contribution >= 4 is 11.6 Å². The molecule has 18 heavy (non-hydrogen) atoms. The van der Waals surface area contributed by atoms with Gasteiger partial charge in [-0.2, -0.15) is 5.10 Å². The highest BCUT2D eigenvalue weighted by molar-refractivity contribution is 6.31. The number of ether oxygens (including phenoxy) is 1. The van der Waals surface area contributed by atoms with Crippen LogP contribution in [-0.2, 0) is 11.3 Å². The second-order valence-corrected chi connectivity index (χ2v) is 5.03. The lowest BCUT2D eigenvalue weighted by Gasteiger charge is -2.22. The van der Waals surface area contributed by atoms with Crippen LogP contribution >= 0.6 is 11.6 Å². The van der Waals surface area contributed by atoms with Gasteiger partial charge >= 0.3 is 0 Å². The van der Waals surface area contributed by atoms with Crippen molar-refractivity contribution in [3.8, 4) is 0 Å². The van der Waals surface area contributed by atoms with Gasteiger partial charge in [-0.05, 0) is 13.3 Å². The number of aryl methyl sites for hydroxylation is 1. The van der Waals surface area contributed by atoms with E-state index >= 15 is 0 Å². The normalized spacial score (nSPS) is 14.7. The summed E-state index contributed by atoms with van der Waals surface area (Å²) in [4.78, 5) is 0. The first-order valence-electron chi connectivity index (χ1n) is 6.55. The second kappa shape index (κ2) is 7.77. The molecule has 1 rings (SSSR count). The summed E-state index contributed by atoms with van der Waals surface area (Å²) in [6, 6.07) is 0.338. The third-order valence-electron chi connectivity index (χ3n) is 3.22. The molecule has 4 nitrogen and oxygen atoms in total. The molecule has 0 spiro atoms. The van der Waals surface area contributed by atoms with E-state index in [2.05, 4.69) is 31.2 Å². The molecule has 0 aromatic carbocycles. The van der Waals surface area contributed by atoms with Gasteiger partial charge in [0, 0.05) is 32.2 Å². The smallest absolute Gasteiger partial charge is 0.0821 e. The zero-order valence-electron chi connectivity index (χ0n) is 11.7. The van der Waals surface area contributed by atoms with Gasteiger partial charge in [-0.15, -0.1) is 0 Å². The van der Waals surface area contributed by atoms with E-state index in [0.717, 1.165) is 36.8 Å². The molecule has 1 aromatic rings. The molecule has 1 aromatic heterocycles. The fourth-order valence-electron chi connectivity index (χ4n) is 2.02. The molecule has 0 fully saturated rings. The van der Waals surface area contributed by atoms with Crippen LogP contribution in [0.25, 0.3) is 0 Å². The first-order valence-corrected chi connectivity index (χ1v) is 6.93. The number of nitrogens with zero attached hydrogens (tertiary/aromatic N) is 2. The van der Waals surface area contributed by atoms with Gasteiger partial charge in [0.15, 0.2) is 0 Å². The fourth-order valence-corrected chi connectivity index (χ4v) is 2.33. The molecule has 1 heterocycles. The van der Waals surface area contributed by atoms with Gasteiger partial charge in [-0.1, -0.05) is 25.4 Å². The van der Waals surface area contributed by atoms with Crippen molar-refractivity contribution in [3.05, 3.63) is 16.9 Å². The van der Waals surface area contributed by atoms with Crippen LogP contribution in [0.2, 0.25) is 5.02 Å². The Hall–Kier alpha value is -0.580. The van der Waals surface area contributed by atoms with E-state index in [1.807, 2.05) is 4.68 Å². The Morgan fingerprint density at radius 2 is 2.22 bits per heavy atom. The third kappa shape index (κ3) is 3.97. The molecule has 0 radical (unpaired) electrons. The van der Waals surface area contributed by atoms with Crippen LogP contribution in [0.15, 0.2) is 6.20 Å². The number of nitrogens with one attached hydrogen (secondary N) is 1. The maximum absolute atomic E-state index is 6.25. The van der Waals surface area contributed by atoms with Crippen molar-refractivity contribution < 1.29 is 4.74 Å². The lowest BCUT2D eigenvalue weighted by atomic mass is 9.99. The summed E-state index contributed by atoms with van der Waals surface area (Å²) in [7, 11) is 1.71. The first-order chi connectivity index (χ1) is 8.61. The summed E-state index contributed by atoms with van der Waals surface area (Å²) in [6.45, 7) is 8.97. The fraction of sp³-hybridized carbons (Fsp3) is 0.769. The third-order valence-corrected chi connectivity index (χ3v) is 3.51. The summed E-state index contributed by atoms with van der Waals surface area (Å²) in [5.74, 6) is 0.323. The molecule has 0 bridgehead atoms. The van der Waals surface area contributed by atoms with Gasteiger partial charge in [-0.25, -0.2) is 0 Å². The first kappa shape index (κ1) is 15.5. The van der Waals surface area contributed by atoms with Crippen LogP contribution in [0, 0.1) is 0 Å². The minimum Gasteiger partial charge on any atom is -0.383 e. The number of rotatable bonds is 8. The second-order valence-electron chi connectivity index (χ2n) is 4.63. The molecule has 104 valence electrons. The number of aromatic nitrogens is 2. The number of methoxy groups -OCH3 is 1. The molecule has 1 N–H and O–H groups in total. The van der Waals surface area contributed by atoms with Gasteiger partial charge in [0.25, 0.3) is 0 Å². The molecule has 2 unspecified atom stereocenters. The molecule has 0 aliphatic rings. The van der Waals surface area contributed by atoms with Crippen LogP contribution in [0.3, 0.4) is 0 Å². The molecule has 5 heteroatoms. The number of hydrogen-bond acceptors (Lipinski definition) is 3. The van der Waals surface area contributed by atoms with Crippen LogP contribution in [0.1, 0.15) is 38.8 Å². The van der Waals surface area contributed by atoms with Gasteiger partial charge in [0.05, 0.1) is 23.5 Å². The summed E-state index contributed by atoms with van der Waals surface area (Å²) < 4.78 is 7.06. The van der Waals surface area contributed by atoms with Gasteiger partial charge < -0.3 is 10.1 Å². The minimum atomic E-state index is 0.323. The topological polar surface area (TPSA) is 39.1 Å². The predicted octanol–water partition coefficient (Wildman–Crippen LogP) is 2.67. The standard InChI is InChI=1S/C13H24ClN3O/c1-5-7-17-13(12(14)9-16-17)10(2)11(3)15-6-8-18-4/h9-11,15H,5-8H2,1-4H3. The summed E-state index contributed by atoms with van der Waals surface area (Å²) in [5, 5.41) is 8.54. The largest absolute Gasteiger partial charge is 0.383 e. The number of hydrogen-bond donors (Lipinski definition) is 1. The van der Waals surface area contributed by atoms with E-state index in [1.165, 1.54) is 0 Å². The van der Waals surface area contributed by atoms with E-state index in [1.54, 1.807) is 13.3 Å². The lowest BCUT2D eigenvalue weighted by molar-refractivity contribution is 0.195. The predicted molar refractivity (Wildman–Crippen MR) is 75.3 cm³/mol. The zero-order valence-corrected chi connectivity index (χ0v) is 12.5. The Bertz CT molecular complexity index is 354. The van der Waals surface area contributed by atoms with Crippen molar-refractivity contribution in [2.24, 2.45) is 0 Å². The molecule has 0 amide bonds. The molecular formula is C13H24ClN3O. The van der Waals surface area contributed by atoms with Crippen molar-refractivity contribution in [1.29, 1.82) is 0 Å². The van der Waals surface area contributed by atoms with Crippen LogP contribution in [0.4, 0.5) is 0 Å². The zero-order chi connectivity index (χ0) is 13.5. The van der Waals surface area contributed by atoms with E-state index in [-0.39, 0.29) is 0 Å². The SMILES string of the molecule is CCCn1ncc(Cl)c1C(C)C(C)NCCOC. The Morgan fingerprint density at radius 3 is 2.83 bits per heavy atom. The van der Waals surface area contributed by atoms with Gasteiger partial charge in [0.1, 0.15) is 0 Å². The van der Waals surface area contributed by atoms with Crippen LogP contribution < -0.4 is 5.32 Å². The van der Waals surface area contributed by atoms with Crippen molar-refractivity contribution in [3.63, 3.8) is 0 Å². The molecular weight excluding hydrogens is 250 g/mol. The highest BCUT2D eigenvalue weighted by atomic mass is 35.5. The Balaban J connectivity index is 2.69.